The van der Waals surface area contributed by atoms with Gasteiger partial charge in [-0.1, -0.05) is 0 Å². The number of nitrogens with two attached hydrogens (primary N) is 1. The Bertz CT molecular complexity index is 1260. The number of aromatic nitrogens is 3. The second-order valence-electron chi connectivity index (χ2n) is 9.33. The first-order valence-corrected chi connectivity index (χ1v) is 11.5. The predicted molar refractivity (Wildman–Crippen MR) is 133 cm³/mol. The molecule has 3 aromatic rings. The number of pyridine rings is 1. The molecule has 186 valence electrons. The lowest BCUT2D eigenvalue weighted by molar-refractivity contribution is 0.0526. The highest BCUT2D eigenvalue weighted by Crippen LogP contribution is 2.23. The Morgan fingerprint density at radius 3 is 2.46 bits per heavy atom. The average molecular weight is 481 g/mol. The fourth-order valence-corrected chi connectivity index (χ4v) is 3.60. The molecule has 10 nitrogen and oxygen atoms in total. The summed E-state index contributed by atoms with van der Waals surface area (Å²) in [4.78, 5) is 45.3. The van der Waals surface area contributed by atoms with Crippen molar-refractivity contribution in [2.24, 2.45) is 5.73 Å². The van der Waals surface area contributed by atoms with Crippen LogP contribution in [0.1, 0.15) is 65.7 Å². The topological polar surface area (TPSA) is 141 Å². The van der Waals surface area contributed by atoms with E-state index >= 15 is 0 Å². The van der Waals surface area contributed by atoms with E-state index in [1.807, 2.05) is 32.3 Å². The Morgan fingerprint density at radius 1 is 1.06 bits per heavy atom. The van der Waals surface area contributed by atoms with Gasteiger partial charge in [-0.15, -0.1) is 0 Å². The van der Waals surface area contributed by atoms with Gasteiger partial charge in [-0.3, -0.25) is 19.9 Å². The van der Waals surface area contributed by atoms with Crippen molar-refractivity contribution in [1.29, 1.82) is 0 Å². The van der Waals surface area contributed by atoms with Crippen LogP contribution in [0.25, 0.3) is 11.0 Å². The molecule has 0 spiro atoms. The minimum atomic E-state index is -0.554. The monoisotopic (exact) mass is 480 g/mol. The number of benzene rings is 1. The van der Waals surface area contributed by atoms with Gasteiger partial charge in [0.25, 0.3) is 5.91 Å². The Balaban J connectivity index is 1.77. The van der Waals surface area contributed by atoms with E-state index in [4.69, 9.17) is 10.5 Å². The van der Waals surface area contributed by atoms with Crippen LogP contribution >= 0.6 is 0 Å². The summed E-state index contributed by atoms with van der Waals surface area (Å²) in [6.45, 7) is 10.1. The van der Waals surface area contributed by atoms with E-state index in [1.165, 1.54) is 0 Å². The number of aryl methyl sites for hydroxylation is 3. The van der Waals surface area contributed by atoms with E-state index in [0.717, 1.165) is 11.2 Å². The third kappa shape index (κ3) is 6.78. The summed E-state index contributed by atoms with van der Waals surface area (Å²) >= 11 is 0. The molecular formula is C25H32N6O4. The summed E-state index contributed by atoms with van der Waals surface area (Å²) in [7, 11) is 0. The maximum atomic E-state index is 13.0. The first-order chi connectivity index (χ1) is 16.4. The maximum absolute atomic E-state index is 13.0. The van der Waals surface area contributed by atoms with Crippen molar-refractivity contribution >= 4 is 34.9 Å². The van der Waals surface area contributed by atoms with Gasteiger partial charge in [0, 0.05) is 24.3 Å². The van der Waals surface area contributed by atoms with Crippen LogP contribution < -0.4 is 16.4 Å². The van der Waals surface area contributed by atoms with Crippen LogP contribution in [0, 0.1) is 13.8 Å². The number of ether oxygens (including phenoxy) is 1. The molecule has 2 aromatic heterocycles. The lowest BCUT2D eigenvalue weighted by Gasteiger charge is -2.19. The zero-order chi connectivity index (χ0) is 25.8. The number of fused-ring (bicyclic) bond motifs is 1. The number of anilines is 1. The number of imidazole rings is 1. The highest BCUT2D eigenvalue weighted by atomic mass is 16.6. The van der Waals surface area contributed by atoms with E-state index < -0.39 is 17.6 Å². The van der Waals surface area contributed by atoms with Crippen LogP contribution in [0.4, 0.5) is 10.7 Å². The average Bonchev–Trinajstić information content (AvgIpc) is 3.08. The van der Waals surface area contributed by atoms with Crippen molar-refractivity contribution in [3.63, 3.8) is 0 Å². The Hall–Kier alpha value is -3.95. The number of nitrogens with zero attached hydrogens (tertiary/aromatic N) is 3. The predicted octanol–water partition coefficient (Wildman–Crippen LogP) is 3.70. The first kappa shape index (κ1) is 25.7. The third-order valence-electron chi connectivity index (χ3n) is 5.20. The molecule has 4 N–H and O–H groups in total. The van der Waals surface area contributed by atoms with Gasteiger partial charge in [0.2, 0.25) is 11.9 Å². The fourth-order valence-electron chi connectivity index (χ4n) is 3.60. The van der Waals surface area contributed by atoms with Crippen LogP contribution in [0.3, 0.4) is 0 Å². The van der Waals surface area contributed by atoms with Gasteiger partial charge in [0.15, 0.2) is 0 Å². The number of hydrogen-bond donors (Lipinski definition) is 3. The van der Waals surface area contributed by atoms with Crippen molar-refractivity contribution in [3.05, 3.63) is 52.8 Å². The third-order valence-corrected chi connectivity index (χ3v) is 5.20. The summed E-state index contributed by atoms with van der Waals surface area (Å²) < 4.78 is 7.12. The van der Waals surface area contributed by atoms with Gasteiger partial charge in [-0.05, 0) is 77.8 Å². The largest absolute Gasteiger partial charge is 0.444 e. The Kier molecular flexibility index (Phi) is 7.73. The molecule has 2 heterocycles. The maximum Gasteiger partial charge on any atom is 0.407 e. The molecule has 0 aliphatic carbocycles. The van der Waals surface area contributed by atoms with Crippen LogP contribution in [0.2, 0.25) is 0 Å². The summed E-state index contributed by atoms with van der Waals surface area (Å²) in [5.74, 6) is -0.526. The molecule has 0 unspecified atom stereocenters. The lowest BCUT2D eigenvalue weighted by atomic mass is 10.2. The first-order valence-electron chi connectivity index (χ1n) is 11.5. The van der Waals surface area contributed by atoms with Crippen molar-refractivity contribution in [2.75, 3.05) is 11.9 Å². The number of primary amides is 1. The molecule has 3 rings (SSSR count). The molecule has 0 fully saturated rings. The van der Waals surface area contributed by atoms with Gasteiger partial charge in [0.1, 0.15) is 5.60 Å². The number of rotatable bonds is 8. The van der Waals surface area contributed by atoms with Crippen LogP contribution in [-0.2, 0) is 11.3 Å². The summed E-state index contributed by atoms with van der Waals surface area (Å²) in [5.41, 5.74) is 8.39. The molecule has 0 saturated carbocycles. The molecule has 0 saturated heterocycles. The summed E-state index contributed by atoms with van der Waals surface area (Å²) in [5, 5.41) is 5.62. The standard InChI is InChI=1S/C25H32N6O4/c1-15-8-10-18(16(2)28-15)22(33)30-23-29-19-14-17(21(26)32)9-11-20(19)31(23)13-7-6-12-27-24(34)35-25(3,4)5/h8-11,14H,6-7,12-13H2,1-5H3,(H2,26,32)(H,27,34)(H,29,30,33). The molecule has 35 heavy (non-hydrogen) atoms. The molecule has 1 aromatic carbocycles. The minimum Gasteiger partial charge on any atom is -0.444 e. The van der Waals surface area contributed by atoms with E-state index in [9.17, 15) is 14.4 Å². The highest BCUT2D eigenvalue weighted by Gasteiger charge is 2.18. The van der Waals surface area contributed by atoms with Crippen LogP contribution in [0.15, 0.2) is 30.3 Å². The molecule has 0 bridgehead atoms. The highest BCUT2D eigenvalue weighted by molar-refractivity contribution is 6.05. The minimum absolute atomic E-state index is 0.326. The van der Waals surface area contributed by atoms with Gasteiger partial charge in [-0.25, -0.2) is 9.78 Å². The van der Waals surface area contributed by atoms with Gasteiger partial charge < -0.3 is 20.4 Å². The fraction of sp³-hybridized carbons (Fsp3) is 0.400. The second kappa shape index (κ2) is 10.5. The van der Waals surface area contributed by atoms with Crippen molar-refractivity contribution in [2.45, 2.75) is 59.6 Å². The van der Waals surface area contributed by atoms with E-state index in [-0.39, 0.29) is 5.91 Å². The van der Waals surface area contributed by atoms with Crippen LogP contribution in [0.5, 0.6) is 0 Å². The molecule has 0 radical (unpaired) electrons. The van der Waals surface area contributed by atoms with Crippen molar-refractivity contribution in [1.82, 2.24) is 19.9 Å². The number of amides is 3. The van der Waals surface area contributed by atoms with Crippen LogP contribution in [-0.4, -0.2) is 44.6 Å². The molecular weight excluding hydrogens is 448 g/mol. The van der Waals surface area contributed by atoms with E-state index in [1.54, 1.807) is 37.3 Å². The molecule has 10 heteroatoms. The van der Waals surface area contributed by atoms with E-state index in [0.29, 0.717) is 54.2 Å². The second-order valence-corrected chi connectivity index (χ2v) is 9.33. The summed E-state index contributed by atoms with van der Waals surface area (Å²) in [6.07, 6.45) is 0.930. The number of hydrogen-bond acceptors (Lipinski definition) is 6. The van der Waals surface area contributed by atoms with Crippen molar-refractivity contribution < 1.29 is 19.1 Å². The van der Waals surface area contributed by atoms with E-state index in [2.05, 4.69) is 20.6 Å². The Morgan fingerprint density at radius 2 is 1.80 bits per heavy atom. The molecule has 0 aliphatic heterocycles. The number of carbonyl (C=O) groups is 3. The lowest BCUT2D eigenvalue weighted by Crippen LogP contribution is -2.33. The zero-order valence-corrected chi connectivity index (χ0v) is 20.8. The Labute approximate surface area is 204 Å². The summed E-state index contributed by atoms with van der Waals surface area (Å²) in [6, 6.07) is 8.50. The molecule has 0 aliphatic rings. The van der Waals surface area contributed by atoms with Gasteiger partial charge in [-0.2, -0.15) is 0 Å². The smallest absolute Gasteiger partial charge is 0.407 e. The number of unbranched alkanes of at least 4 members (excludes halogenated alkanes) is 1. The van der Waals surface area contributed by atoms with Crippen molar-refractivity contribution in [3.8, 4) is 0 Å². The number of carbonyl (C=O) groups excluding carboxylic acids is 3. The zero-order valence-electron chi connectivity index (χ0n) is 20.8. The normalized spacial score (nSPS) is 11.3. The molecule has 3 amide bonds. The number of nitrogens with one attached hydrogen (secondary N) is 2. The SMILES string of the molecule is Cc1ccc(C(=O)Nc2nc3cc(C(N)=O)ccc3n2CCCCNC(=O)OC(C)(C)C)c(C)n1. The molecule has 0 atom stereocenters. The van der Waals surface area contributed by atoms with Gasteiger partial charge in [0.05, 0.1) is 22.3 Å². The van der Waals surface area contributed by atoms with Gasteiger partial charge >= 0.3 is 6.09 Å². The number of alkyl carbamates (subject to hydrolysis) is 1. The quantitative estimate of drug-likeness (QED) is 0.420.